The number of likely N-dealkylation sites (tertiary alicyclic amines) is 1. The zero-order chi connectivity index (χ0) is 21.8. The largest absolute Gasteiger partial charge is 0.347 e. The van der Waals surface area contributed by atoms with Crippen molar-refractivity contribution in [3.63, 3.8) is 0 Å². The Hall–Kier alpha value is -3.21. The fourth-order valence-electron chi connectivity index (χ4n) is 4.02. The van der Waals surface area contributed by atoms with Gasteiger partial charge in [-0.1, -0.05) is 60.2 Å². The van der Waals surface area contributed by atoms with Crippen LogP contribution < -0.4 is 4.90 Å². The van der Waals surface area contributed by atoms with Gasteiger partial charge >= 0.3 is 0 Å². The second-order valence-electron chi connectivity index (χ2n) is 8.55. The van der Waals surface area contributed by atoms with Crippen molar-refractivity contribution in [2.45, 2.75) is 32.1 Å². The Bertz CT molecular complexity index is 1030. The third-order valence-corrected chi connectivity index (χ3v) is 5.91. The molecule has 5 nitrogen and oxygen atoms in total. The Morgan fingerprint density at radius 3 is 2.52 bits per heavy atom. The summed E-state index contributed by atoms with van der Waals surface area (Å²) in [5, 5.41) is 0. The molecule has 0 bridgehead atoms. The molecule has 1 amide bonds. The molecule has 1 fully saturated rings. The van der Waals surface area contributed by atoms with Crippen LogP contribution in [0.1, 0.15) is 35.6 Å². The van der Waals surface area contributed by atoms with E-state index in [1.165, 1.54) is 11.1 Å². The lowest BCUT2D eigenvalue weighted by Gasteiger charge is -2.18. The number of carbonyl (C=O) groups is 1. The summed E-state index contributed by atoms with van der Waals surface area (Å²) >= 11 is 0. The van der Waals surface area contributed by atoms with Crippen LogP contribution in [0.4, 0.5) is 5.95 Å². The van der Waals surface area contributed by atoms with E-state index in [4.69, 9.17) is 9.97 Å². The fraction of sp³-hybridized carbons (Fsp3) is 0.346. The van der Waals surface area contributed by atoms with Gasteiger partial charge in [-0.2, -0.15) is 0 Å². The molecule has 160 valence electrons. The van der Waals surface area contributed by atoms with Gasteiger partial charge in [0.15, 0.2) is 0 Å². The third-order valence-electron chi connectivity index (χ3n) is 5.91. The average Bonchev–Trinajstić information content (AvgIpc) is 3.29. The van der Waals surface area contributed by atoms with Crippen molar-refractivity contribution in [2.24, 2.45) is 0 Å². The molecule has 1 aliphatic heterocycles. The molecule has 2 heterocycles. The second-order valence-corrected chi connectivity index (χ2v) is 8.55. The smallest absolute Gasteiger partial charge is 0.225 e. The highest BCUT2D eigenvalue weighted by atomic mass is 16.2. The first-order chi connectivity index (χ1) is 15.0. The van der Waals surface area contributed by atoms with Crippen LogP contribution in [0.15, 0.2) is 60.7 Å². The van der Waals surface area contributed by atoms with Crippen LogP contribution in [0.25, 0.3) is 11.3 Å². The van der Waals surface area contributed by atoms with Gasteiger partial charge < -0.3 is 9.80 Å². The summed E-state index contributed by atoms with van der Waals surface area (Å²) in [5.74, 6) is 1.18. The molecule has 31 heavy (non-hydrogen) atoms. The summed E-state index contributed by atoms with van der Waals surface area (Å²) in [6.07, 6.45) is 2.28. The first kappa shape index (κ1) is 21.0. The minimum Gasteiger partial charge on any atom is -0.347 e. The topological polar surface area (TPSA) is 49.3 Å². The Labute approximate surface area is 184 Å². The van der Waals surface area contributed by atoms with Crippen LogP contribution in [0.3, 0.4) is 0 Å². The van der Waals surface area contributed by atoms with E-state index in [0.29, 0.717) is 12.4 Å². The third kappa shape index (κ3) is 5.10. The maximum atomic E-state index is 12.8. The highest BCUT2D eigenvalue weighted by Gasteiger charge is 2.29. The zero-order valence-electron chi connectivity index (χ0n) is 18.6. The van der Waals surface area contributed by atoms with E-state index in [-0.39, 0.29) is 11.8 Å². The number of benzene rings is 2. The minimum atomic E-state index is 0.229. The molecule has 4 rings (SSSR count). The van der Waals surface area contributed by atoms with E-state index in [1.54, 1.807) is 0 Å². The number of hydrogen-bond donors (Lipinski definition) is 0. The van der Waals surface area contributed by atoms with Crippen molar-refractivity contribution in [2.75, 3.05) is 32.1 Å². The minimum absolute atomic E-state index is 0.229. The molecule has 1 atom stereocenters. The molecule has 3 aromatic rings. The fourth-order valence-corrected chi connectivity index (χ4v) is 4.02. The summed E-state index contributed by atoms with van der Waals surface area (Å²) < 4.78 is 0. The molecular weight excluding hydrogens is 384 g/mol. The van der Waals surface area contributed by atoms with E-state index in [2.05, 4.69) is 49.4 Å². The lowest BCUT2D eigenvalue weighted by atomic mass is 10.0. The van der Waals surface area contributed by atoms with Crippen molar-refractivity contribution in [1.82, 2.24) is 14.9 Å². The Morgan fingerprint density at radius 1 is 1.06 bits per heavy atom. The van der Waals surface area contributed by atoms with Gasteiger partial charge in [0.05, 0.1) is 11.4 Å². The van der Waals surface area contributed by atoms with Crippen LogP contribution in [0.5, 0.6) is 0 Å². The highest BCUT2D eigenvalue weighted by Crippen LogP contribution is 2.30. The molecule has 1 aromatic heterocycles. The Balaban J connectivity index is 1.49. The second kappa shape index (κ2) is 9.29. The number of aryl methyl sites for hydroxylation is 2. The molecular formula is C26H30N4O. The molecule has 0 N–H and O–H groups in total. The van der Waals surface area contributed by atoms with Gasteiger partial charge in [-0.05, 0) is 31.4 Å². The van der Waals surface area contributed by atoms with Gasteiger partial charge in [0.25, 0.3) is 0 Å². The quantitative estimate of drug-likeness (QED) is 0.597. The van der Waals surface area contributed by atoms with E-state index in [1.807, 2.05) is 42.1 Å². The van der Waals surface area contributed by atoms with Gasteiger partial charge in [-0.15, -0.1) is 0 Å². The number of carbonyl (C=O) groups excluding carboxylic acids is 1. The summed E-state index contributed by atoms with van der Waals surface area (Å²) in [4.78, 5) is 26.3. The lowest BCUT2D eigenvalue weighted by molar-refractivity contribution is -0.130. The molecule has 0 aliphatic carbocycles. The highest BCUT2D eigenvalue weighted by molar-refractivity contribution is 5.77. The van der Waals surface area contributed by atoms with Gasteiger partial charge in [0, 0.05) is 45.1 Å². The Morgan fingerprint density at radius 2 is 1.81 bits per heavy atom. The maximum absolute atomic E-state index is 12.8. The van der Waals surface area contributed by atoms with Crippen molar-refractivity contribution >= 4 is 11.9 Å². The van der Waals surface area contributed by atoms with Gasteiger partial charge in [-0.25, -0.2) is 9.97 Å². The molecule has 1 saturated heterocycles. The average molecular weight is 415 g/mol. The van der Waals surface area contributed by atoms with Crippen LogP contribution >= 0.6 is 0 Å². The number of nitrogens with zero attached hydrogens (tertiary/aromatic N) is 4. The number of anilines is 1. The van der Waals surface area contributed by atoms with Crippen LogP contribution in [-0.2, 0) is 11.2 Å². The number of hydrogen-bond acceptors (Lipinski definition) is 4. The van der Waals surface area contributed by atoms with Gasteiger partial charge in [-0.3, -0.25) is 4.79 Å². The standard InChI is InChI=1S/C26H30N4O/c1-19-9-12-21(13-10-19)23-17-24(28-26(27-23)29(2)3)22-15-16-30(18-22)25(31)14-11-20-7-5-4-6-8-20/h4-10,12-13,17,22H,11,14-16,18H2,1-3H3/t22-/m1/s1. The van der Waals surface area contributed by atoms with E-state index >= 15 is 0 Å². The lowest BCUT2D eigenvalue weighted by Crippen LogP contribution is -2.28. The van der Waals surface area contributed by atoms with E-state index in [9.17, 15) is 4.79 Å². The first-order valence-electron chi connectivity index (χ1n) is 10.9. The van der Waals surface area contributed by atoms with Crippen molar-refractivity contribution in [1.29, 1.82) is 0 Å². The predicted octanol–water partition coefficient (Wildman–Crippen LogP) is 4.47. The zero-order valence-corrected chi connectivity index (χ0v) is 18.6. The monoisotopic (exact) mass is 414 g/mol. The Kier molecular flexibility index (Phi) is 6.31. The molecule has 0 unspecified atom stereocenters. The first-order valence-corrected chi connectivity index (χ1v) is 10.9. The SMILES string of the molecule is Cc1ccc(-c2cc([C@@H]3CCN(C(=O)CCc4ccccc4)C3)nc(N(C)C)n2)cc1. The van der Waals surface area contributed by atoms with Crippen LogP contribution in [0.2, 0.25) is 0 Å². The molecule has 0 radical (unpaired) electrons. The van der Waals surface area contributed by atoms with Crippen molar-refractivity contribution < 1.29 is 4.79 Å². The van der Waals surface area contributed by atoms with Crippen LogP contribution in [-0.4, -0.2) is 48.0 Å². The maximum Gasteiger partial charge on any atom is 0.225 e. The van der Waals surface area contributed by atoms with Gasteiger partial charge in [0.2, 0.25) is 11.9 Å². The predicted molar refractivity (Wildman–Crippen MR) is 125 cm³/mol. The summed E-state index contributed by atoms with van der Waals surface area (Å²) in [7, 11) is 3.93. The number of rotatable bonds is 6. The summed E-state index contributed by atoms with van der Waals surface area (Å²) in [6, 6.07) is 20.7. The van der Waals surface area contributed by atoms with Gasteiger partial charge in [0.1, 0.15) is 0 Å². The number of amides is 1. The summed E-state index contributed by atoms with van der Waals surface area (Å²) in [5.41, 5.74) is 5.48. The van der Waals surface area contributed by atoms with Crippen molar-refractivity contribution in [3.8, 4) is 11.3 Å². The van der Waals surface area contributed by atoms with E-state index in [0.717, 1.165) is 42.9 Å². The molecule has 5 heteroatoms. The number of aromatic nitrogens is 2. The molecule has 2 aromatic carbocycles. The van der Waals surface area contributed by atoms with Crippen molar-refractivity contribution in [3.05, 3.63) is 77.5 Å². The molecule has 0 saturated carbocycles. The molecule has 0 spiro atoms. The summed E-state index contributed by atoms with van der Waals surface area (Å²) in [6.45, 7) is 3.60. The molecule has 1 aliphatic rings. The van der Waals surface area contributed by atoms with Crippen LogP contribution in [0, 0.1) is 6.92 Å². The van der Waals surface area contributed by atoms with E-state index < -0.39 is 0 Å². The normalized spacial score (nSPS) is 15.8.